The first-order valence-electron chi connectivity index (χ1n) is 21.9. The Kier molecular flexibility index (Phi) is 7.01. The number of nitrogens with zero attached hydrogens (tertiary/aromatic N) is 5. The van der Waals surface area contributed by atoms with Gasteiger partial charge in [0.1, 0.15) is 11.2 Å². The lowest BCUT2D eigenvalue weighted by molar-refractivity contribution is 0.669. The lowest BCUT2D eigenvalue weighted by atomic mass is 10.0. The zero-order valence-corrected chi connectivity index (χ0v) is 35.4. The van der Waals surface area contributed by atoms with Gasteiger partial charge in [-0.3, -0.25) is 9.97 Å². The summed E-state index contributed by atoms with van der Waals surface area (Å²) in [7, 11) is 0. The Labute approximate surface area is 374 Å². The number of furan rings is 1. The molecular weight excluding hydrogens is 815 g/mol. The smallest absolute Gasteiger partial charge is 0.135 e. The minimum absolute atomic E-state index is 0.870. The van der Waals surface area contributed by atoms with E-state index in [1.807, 2.05) is 36.1 Å². The molecule has 15 rings (SSSR count). The van der Waals surface area contributed by atoms with Crippen LogP contribution >= 0.6 is 11.3 Å². The van der Waals surface area contributed by atoms with Crippen LogP contribution in [-0.4, -0.2) is 23.7 Å². The number of hydrogen-bond donors (Lipinski definition) is 0. The third-order valence-electron chi connectivity index (χ3n) is 13.6. The molecular formula is C58H33N5OS. The van der Waals surface area contributed by atoms with E-state index in [0.29, 0.717) is 0 Å². The van der Waals surface area contributed by atoms with Crippen LogP contribution in [0.15, 0.2) is 205 Å². The average Bonchev–Trinajstić information content (AvgIpc) is 4.17. The fourth-order valence-electron chi connectivity index (χ4n) is 10.7. The number of para-hydroxylation sites is 3. The van der Waals surface area contributed by atoms with Gasteiger partial charge >= 0.3 is 0 Å². The van der Waals surface area contributed by atoms with Crippen LogP contribution in [0.25, 0.3) is 136 Å². The Morgan fingerprint density at radius 1 is 0.323 bits per heavy atom. The highest BCUT2D eigenvalue weighted by molar-refractivity contribution is 7.25. The van der Waals surface area contributed by atoms with Gasteiger partial charge in [-0.05, 0) is 120 Å². The number of aromatic nitrogens is 5. The van der Waals surface area contributed by atoms with Gasteiger partial charge in [0.05, 0.1) is 33.1 Å². The van der Waals surface area contributed by atoms with Gasteiger partial charge in [0.25, 0.3) is 0 Å². The Morgan fingerprint density at radius 2 is 0.769 bits per heavy atom. The molecule has 0 spiro atoms. The second-order valence-corrected chi connectivity index (χ2v) is 18.1. The monoisotopic (exact) mass is 847 g/mol. The molecule has 0 aliphatic heterocycles. The quantitative estimate of drug-likeness (QED) is 0.177. The van der Waals surface area contributed by atoms with Crippen LogP contribution in [0.3, 0.4) is 0 Å². The number of pyridine rings is 2. The molecule has 0 atom stereocenters. The van der Waals surface area contributed by atoms with E-state index < -0.39 is 0 Å². The average molecular weight is 848 g/mol. The third kappa shape index (κ3) is 4.93. The largest absolute Gasteiger partial charge is 0.456 e. The number of thiophene rings is 1. The molecule has 0 N–H and O–H groups in total. The maximum absolute atomic E-state index is 6.53. The van der Waals surface area contributed by atoms with E-state index in [9.17, 15) is 0 Å². The minimum atomic E-state index is 0.870. The Bertz CT molecular complexity index is 4450. The summed E-state index contributed by atoms with van der Waals surface area (Å²) >= 11 is 1.82. The van der Waals surface area contributed by atoms with Crippen molar-refractivity contribution in [1.29, 1.82) is 0 Å². The fourth-order valence-corrected chi connectivity index (χ4v) is 11.8. The molecule has 6 nitrogen and oxygen atoms in total. The van der Waals surface area contributed by atoms with Crippen molar-refractivity contribution in [3.05, 3.63) is 201 Å². The summed E-state index contributed by atoms with van der Waals surface area (Å²) in [5.41, 5.74) is 14.4. The third-order valence-corrected chi connectivity index (χ3v) is 14.8. The van der Waals surface area contributed by atoms with Crippen molar-refractivity contribution in [2.45, 2.75) is 0 Å². The van der Waals surface area contributed by atoms with E-state index in [2.05, 4.69) is 200 Å². The van der Waals surface area contributed by atoms with Gasteiger partial charge in [-0.15, -0.1) is 11.3 Å². The molecule has 15 aromatic rings. The molecule has 0 saturated carbocycles. The summed E-state index contributed by atoms with van der Waals surface area (Å²) in [6.07, 6.45) is 7.72. The van der Waals surface area contributed by atoms with Crippen LogP contribution in [0.2, 0.25) is 0 Å². The zero-order chi connectivity index (χ0) is 42.3. The van der Waals surface area contributed by atoms with Crippen LogP contribution in [0.1, 0.15) is 0 Å². The first-order valence-corrected chi connectivity index (χ1v) is 22.7. The van der Waals surface area contributed by atoms with Crippen molar-refractivity contribution in [2.24, 2.45) is 0 Å². The van der Waals surface area contributed by atoms with Gasteiger partial charge in [0.15, 0.2) is 0 Å². The Balaban J connectivity index is 0.868. The van der Waals surface area contributed by atoms with Gasteiger partial charge in [-0.25, -0.2) is 0 Å². The first kappa shape index (κ1) is 35.0. The number of benzene rings is 8. The molecule has 0 unspecified atom stereocenters. The van der Waals surface area contributed by atoms with Crippen molar-refractivity contribution in [2.75, 3.05) is 0 Å². The van der Waals surface area contributed by atoms with Crippen LogP contribution in [0.4, 0.5) is 0 Å². The predicted octanol–water partition coefficient (Wildman–Crippen LogP) is 15.7. The molecule has 7 heterocycles. The standard InChI is InChI=1S/C58H33N5OS/c1-4-10-49-39(7-1)42-27-34(13-18-52(42)62(49)38-17-22-57-46(31-38)48-33-60-26-24-58(48)65-57)35-14-20-55-44(28-35)45-30-37(16-21-56(45)64-55)61-50-11-5-2-8-40(50)43-29-36(15-19-53(43)61)63-51-12-6-3-9-41(51)47-32-59-25-23-54(47)63/h1-33H. The van der Waals surface area contributed by atoms with Gasteiger partial charge in [-0.1, -0.05) is 66.7 Å². The molecule has 302 valence electrons. The van der Waals surface area contributed by atoms with E-state index >= 15 is 0 Å². The fraction of sp³-hybridized carbons (Fsp3) is 0. The second-order valence-electron chi connectivity index (χ2n) is 17.0. The van der Waals surface area contributed by atoms with Crippen molar-refractivity contribution >= 4 is 119 Å². The molecule has 0 radical (unpaired) electrons. The van der Waals surface area contributed by atoms with Gasteiger partial charge in [0.2, 0.25) is 0 Å². The molecule has 0 aliphatic rings. The van der Waals surface area contributed by atoms with Gasteiger partial charge < -0.3 is 18.1 Å². The molecule has 8 aromatic carbocycles. The number of fused-ring (bicyclic) bond motifs is 15. The normalized spacial score (nSPS) is 12.3. The maximum Gasteiger partial charge on any atom is 0.135 e. The zero-order valence-electron chi connectivity index (χ0n) is 34.6. The Hall–Kier alpha value is -8.52. The molecule has 0 bridgehead atoms. The van der Waals surface area contributed by atoms with Crippen LogP contribution in [0.5, 0.6) is 0 Å². The minimum Gasteiger partial charge on any atom is -0.456 e. The predicted molar refractivity (Wildman–Crippen MR) is 271 cm³/mol. The highest BCUT2D eigenvalue weighted by Crippen LogP contribution is 2.42. The maximum atomic E-state index is 6.53. The molecule has 0 amide bonds. The van der Waals surface area contributed by atoms with Crippen molar-refractivity contribution in [3.63, 3.8) is 0 Å². The van der Waals surface area contributed by atoms with E-state index in [1.165, 1.54) is 63.7 Å². The van der Waals surface area contributed by atoms with Crippen LogP contribution in [0, 0.1) is 0 Å². The topological polar surface area (TPSA) is 53.7 Å². The van der Waals surface area contributed by atoms with E-state index in [1.54, 1.807) is 0 Å². The number of rotatable bonds is 4. The highest BCUT2D eigenvalue weighted by Gasteiger charge is 2.19. The van der Waals surface area contributed by atoms with Gasteiger partial charge in [0, 0.05) is 105 Å². The summed E-state index contributed by atoms with van der Waals surface area (Å²) in [6, 6.07) is 64.1. The van der Waals surface area contributed by atoms with E-state index in [-0.39, 0.29) is 0 Å². The summed E-state index contributed by atoms with van der Waals surface area (Å²) in [6.45, 7) is 0. The van der Waals surface area contributed by atoms with E-state index in [4.69, 9.17) is 4.42 Å². The molecule has 0 fully saturated rings. The van der Waals surface area contributed by atoms with Gasteiger partial charge in [-0.2, -0.15) is 0 Å². The van der Waals surface area contributed by atoms with Crippen molar-refractivity contribution in [3.8, 4) is 28.2 Å². The second kappa shape index (κ2) is 13.0. The summed E-state index contributed by atoms with van der Waals surface area (Å²) in [5.74, 6) is 0. The van der Waals surface area contributed by atoms with E-state index in [0.717, 1.165) is 72.1 Å². The molecule has 0 aliphatic carbocycles. The summed E-state index contributed by atoms with van der Waals surface area (Å²) < 4.78 is 16.2. The molecule has 0 saturated heterocycles. The summed E-state index contributed by atoms with van der Waals surface area (Å²) in [4.78, 5) is 8.92. The lowest BCUT2D eigenvalue weighted by Crippen LogP contribution is -1.95. The Morgan fingerprint density at radius 3 is 1.48 bits per heavy atom. The molecule has 65 heavy (non-hydrogen) atoms. The summed E-state index contributed by atoms with van der Waals surface area (Å²) in [5, 5.41) is 11.8. The van der Waals surface area contributed by atoms with Crippen molar-refractivity contribution < 1.29 is 4.42 Å². The highest BCUT2D eigenvalue weighted by atomic mass is 32.1. The SMILES string of the molecule is c1ccc2c(c1)c1cnccc1n2-c1ccc2c(c1)c1ccccc1n2-c1ccc2oc3ccc(-c4ccc5c(c4)c4ccccc4n5-c4ccc5sc6ccncc6c5c4)cc3c2c1. The van der Waals surface area contributed by atoms with Crippen LogP contribution < -0.4 is 0 Å². The lowest BCUT2D eigenvalue weighted by Gasteiger charge is -2.10. The molecule has 7 aromatic heterocycles. The molecule has 7 heteroatoms. The number of hydrogen-bond acceptors (Lipinski definition) is 4. The van der Waals surface area contributed by atoms with Crippen molar-refractivity contribution in [1.82, 2.24) is 23.7 Å². The first-order chi connectivity index (χ1) is 32.2. The van der Waals surface area contributed by atoms with Crippen LogP contribution in [-0.2, 0) is 0 Å².